The SMILES string of the molecule is CNC(C)c1ccc(Br)cc1N1CCOCC1CO. The molecule has 0 amide bonds. The summed E-state index contributed by atoms with van der Waals surface area (Å²) in [5, 5.41) is 12.8. The maximum absolute atomic E-state index is 9.53. The van der Waals surface area contributed by atoms with Crippen molar-refractivity contribution in [3.63, 3.8) is 0 Å². The number of anilines is 1. The number of nitrogens with zero attached hydrogens (tertiary/aromatic N) is 1. The average molecular weight is 329 g/mol. The fraction of sp³-hybridized carbons (Fsp3) is 0.571. The van der Waals surface area contributed by atoms with E-state index in [2.05, 4.69) is 51.3 Å². The molecule has 1 aromatic rings. The lowest BCUT2D eigenvalue weighted by atomic mass is 10.0. The van der Waals surface area contributed by atoms with Crippen molar-refractivity contribution in [3.8, 4) is 0 Å². The Morgan fingerprint density at radius 2 is 2.37 bits per heavy atom. The predicted molar refractivity (Wildman–Crippen MR) is 80.7 cm³/mol. The Hall–Kier alpha value is -0.620. The fourth-order valence-electron chi connectivity index (χ4n) is 2.41. The van der Waals surface area contributed by atoms with Crippen LogP contribution in [0.1, 0.15) is 18.5 Å². The number of halogens is 1. The second kappa shape index (κ2) is 6.70. The molecule has 4 nitrogen and oxygen atoms in total. The van der Waals surface area contributed by atoms with Gasteiger partial charge in [-0.25, -0.2) is 0 Å². The van der Waals surface area contributed by atoms with Crippen molar-refractivity contribution in [2.24, 2.45) is 0 Å². The highest BCUT2D eigenvalue weighted by molar-refractivity contribution is 9.10. The van der Waals surface area contributed by atoms with Crippen LogP contribution in [0.4, 0.5) is 5.69 Å². The minimum atomic E-state index is 0.0332. The fourth-order valence-corrected chi connectivity index (χ4v) is 2.76. The summed E-state index contributed by atoms with van der Waals surface area (Å²) in [5.41, 5.74) is 2.41. The molecule has 2 rings (SSSR count). The van der Waals surface area contributed by atoms with Gasteiger partial charge in [0.15, 0.2) is 0 Å². The number of morpholine rings is 1. The molecule has 2 N–H and O–H groups in total. The van der Waals surface area contributed by atoms with E-state index in [-0.39, 0.29) is 18.7 Å². The molecule has 0 spiro atoms. The minimum absolute atomic E-state index is 0.0332. The molecule has 1 fully saturated rings. The van der Waals surface area contributed by atoms with Crippen LogP contribution >= 0.6 is 15.9 Å². The molecule has 2 atom stereocenters. The molecule has 1 aliphatic heterocycles. The second-order valence-corrected chi connectivity index (χ2v) is 5.73. The molecule has 19 heavy (non-hydrogen) atoms. The number of hydrogen-bond donors (Lipinski definition) is 2. The first kappa shape index (κ1) is 14.8. The van der Waals surface area contributed by atoms with Crippen molar-refractivity contribution in [1.82, 2.24) is 5.32 Å². The molecule has 106 valence electrons. The summed E-state index contributed by atoms with van der Waals surface area (Å²) in [6.07, 6.45) is 0. The van der Waals surface area contributed by atoms with Gasteiger partial charge in [-0.05, 0) is 31.7 Å². The summed E-state index contributed by atoms with van der Waals surface area (Å²) >= 11 is 3.54. The van der Waals surface area contributed by atoms with Gasteiger partial charge in [0, 0.05) is 22.7 Å². The van der Waals surface area contributed by atoms with Crippen LogP contribution in [0, 0.1) is 0 Å². The Balaban J connectivity index is 2.37. The van der Waals surface area contributed by atoms with Gasteiger partial charge in [-0.3, -0.25) is 0 Å². The summed E-state index contributed by atoms with van der Waals surface area (Å²) in [6, 6.07) is 6.61. The maximum atomic E-state index is 9.53. The molecule has 0 radical (unpaired) electrons. The quantitative estimate of drug-likeness (QED) is 0.886. The summed E-state index contributed by atoms with van der Waals surface area (Å²) in [7, 11) is 1.96. The highest BCUT2D eigenvalue weighted by atomic mass is 79.9. The minimum Gasteiger partial charge on any atom is -0.394 e. The van der Waals surface area contributed by atoms with E-state index in [4.69, 9.17) is 4.74 Å². The van der Waals surface area contributed by atoms with Crippen molar-refractivity contribution in [2.75, 3.05) is 38.3 Å². The Morgan fingerprint density at radius 1 is 1.58 bits per heavy atom. The van der Waals surface area contributed by atoms with Gasteiger partial charge in [0.1, 0.15) is 0 Å². The van der Waals surface area contributed by atoms with Gasteiger partial charge in [-0.1, -0.05) is 22.0 Å². The molecule has 0 aliphatic carbocycles. The Morgan fingerprint density at radius 3 is 3.05 bits per heavy atom. The first-order valence-corrected chi connectivity index (χ1v) is 7.38. The van der Waals surface area contributed by atoms with Crippen molar-refractivity contribution >= 4 is 21.6 Å². The third kappa shape index (κ3) is 3.28. The molecular formula is C14H21BrN2O2. The molecule has 2 unspecified atom stereocenters. The van der Waals surface area contributed by atoms with Crippen LogP contribution in [0.3, 0.4) is 0 Å². The number of ether oxygens (including phenoxy) is 1. The standard InChI is InChI=1S/C14H21BrN2O2/c1-10(16-2)13-4-3-11(15)7-14(13)17-5-6-19-9-12(17)8-18/h3-4,7,10,12,16,18H,5-6,8-9H2,1-2H3. The zero-order valence-electron chi connectivity index (χ0n) is 11.4. The molecular weight excluding hydrogens is 308 g/mol. The van der Waals surface area contributed by atoms with Gasteiger partial charge in [0.05, 0.1) is 25.9 Å². The number of benzene rings is 1. The highest BCUT2D eigenvalue weighted by Crippen LogP contribution is 2.31. The maximum Gasteiger partial charge on any atom is 0.0755 e. The summed E-state index contributed by atoms with van der Waals surface area (Å²) in [6.45, 7) is 4.35. The first-order valence-electron chi connectivity index (χ1n) is 6.59. The summed E-state index contributed by atoms with van der Waals surface area (Å²) in [4.78, 5) is 2.25. The van der Waals surface area contributed by atoms with Crippen molar-refractivity contribution in [1.29, 1.82) is 0 Å². The smallest absolute Gasteiger partial charge is 0.0755 e. The van der Waals surface area contributed by atoms with Crippen LogP contribution in [0.15, 0.2) is 22.7 Å². The topological polar surface area (TPSA) is 44.7 Å². The Labute approximate surface area is 122 Å². The molecule has 0 saturated carbocycles. The van der Waals surface area contributed by atoms with Crippen LogP contribution < -0.4 is 10.2 Å². The van der Waals surface area contributed by atoms with E-state index in [9.17, 15) is 5.11 Å². The third-order valence-corrected chi connectivity index (χ3v) is 4.13. The molecule has 5 heteroatoms. The lowest BCUT2D eigenvalue weighted by Gasteiger charge is -2.38. The normalized spacial score (nSPS) is 21.5. The van der Waals surface area contributed by atoms with Gasteiger partial charge in [-0.2, -0.15) is 0 Å². The Bertz CT molecular complexity index is 428. The lowest BCUT2D eigenvalue weighted by molar-refractivity contribution is 0.0726. The second-order valence-electron chi connectivity index (χ2n) is 4.82. The van der Waals surface area contributed by atoms with E-state index in [1.807, 2.05) is 7.05 Å². The third-order valence-electron chi connectivity index (χ3n) is 3.64. The zero-order chi connectivity index (χ0) is 13.8. The van der Waals surface area contributed by atoms with Crippen molar-refractivity contribution in [3.05, 3.63) is 28.2 Å². The highest BCUT2D eigenvalue weighted by Gasteiger charge is 2.25. The molecule has 1 heterocycles. The van der Waals surface area contributed by atoms with E-state index >= 15 is 0 Å². The number of aliphatic hydroxyl groups excluding tert-OH is 1. The number of nitrogens with one attached hydrogen (secondary N) is 1. The van der Waals surface area contributed by atoms with E-state index < -0.39 is 0 Å². The number of aliphatic hydroxyl groups is 1. The average Bonchev–Trinajstić information content (AvgIpc) is 2.46. The molecule has 0 aromatic heterocycles. The summed E-state index contributed by atoms with van der Waals surface area (Å²) < 4.78 is 6.51. The van der Waals surface area contributed by atoms with E-state index in [0.717, 1.165) is 11.0 Å². The van der Waals surface area contributed by atoms with Gasteiger partial charge in [-0.15, -0.1) is 0 Å². The number of hydrogen-bond acceptors (Lipinski definition) is 4. The van der Waals surface area contributed by atoms with Crippen LogP contribution in [0.2, 0.25) is 0 Å². The largest absolute Gasteiger partial charge is 0.394 e. The van der Waals surface area contributed by atoms with E-state index in [1.54, 1.807) is 0 Å². The van der Waals surface area contributed by atoms with Crippen molar-refractivity contribution < 1.29 is 9.84 Å². The molecule has 0 bridgehead atoms. The number of rotatable bonds is 4. The molecule has 1 aromatic carbocycles. The van der Waals surface area contributed by atoms with Crippen LogP contribution in [0.25, 0.3) is 0 Å². The first-order chi connectivity index (χ1) is 9.17. The van der Waals surface area contributed by atoms with E-state index in [0.29, 0.717) is 13.2 Å². The Kier molecular flexibility index (Phi) is 5.21. The van der Waals surface area contributed by atoms with Gasteiger partial charge >= 0.3 is 0 Å². The van der Waals surface area contributed by atoms with Crippen LogP contribution in [-0.2, 0) is 4.74 Å². The molecule has 1 saturated heterocycles. The van der Waals surface area contributed by atoms with Gasteiger partial charge < -0.3 is 20.1 Å². The van der Waals surface area contributed by atoms with Gasteiger partial charge in [0.2, 0.25) is 0 Å². The van der Waals surface area contributed by atoms with Crippen molar-refractivity contribution in [2.45, 2.75) is 19.0 Å². The summed E-state index contributed by atoms with van der Waals surface area (Å²) in [5.74, 6) is 0. The van der Waals surface area contributed by atoms with Gasteiger partial charge in [0.25, 0.3) is 0 Å². The predicted octanol–water partition coefficient (Wildman–Crippen LogP) is 1.93. The molecule has 1 aliphatic rings. The van der Waals surface area contributed by atoms with E-state index in [1.165, 1.54) is 11.3 Å². The lowest BCUT2D eigenvalue weighted by Crippen LogP contribution is -2.48. The monoisotopic (exact) mass is 328 g/mol. The zero-order valence-corrected chi connectivity index (χ0v) is 13.0. The van der Waals surface area contributed by atoms with Crippen LogP contribution in [0.5, 0.6) is 0 Å². The van der Waals surface area contributed by atoms with Crippen LogP contribution in [-0.4, -0.2) is 44.6 Å².